The summed E-state index contributed by atoms with van der Waals surface area (Å²) in [5, 5.41) is 0. The standard InChI is InChI=1S/C26H17NO2/c28-25-19-12-6-7-13-20(19)26(29)23-22(25)21-14-17-10-4-5-11-18(17)15-27(21)24(23)16-8-2-1-3-9-16/h1-13H,14-15H2. The first-order chi connectivity index (χ1) is 14.2. The van der Waals surface area contributed by atoms with Crippen molar-refractivity contribution in [3.8, 4) is 11.3 Å². The van der Waals surface area contributed by atoms with Crippen molar-refractivity contribution in [2.75, 3.05) is 0 Å². The maximum absolute atomic E-state index is 13.6. The minimum atomic E-state index is -0.0555. The second kappa shape index (κ2) is 5.89. The lowest BCUT2D eigenvalue weighted by Crippen LogP contribution is -2.21. The lowest BCUT2D eigenvalue weighted by Gasteiger charge is -2.22. The van der Waals surface area contributed by atoms with Gasteiger partial charge in [-0.1, -0.05) is 78.9 Å². The number of fused-ring (bicyclic) bond motifs is 5. The second-order valence-electron chi connectivity index (χ2n) is 7.65. The number of hydrogen-bond acceptors (Lipinski definition) is 2. The Hall–Kier alpha value is -3.72. The zero-order valence-electron chi connectivity index (χ0n) is 15.7. The zero-order valence-corrected chi connectivity index (χ0v) is 15.7. The van der Waals surface area contributed by atoms with Gasteiger partial charge in [-0.2, -0.15) is 0 Å². The van der Waals surface area contributed by atoms with E-state index in [0.29, 0.717) is 35.2 Å². The topological polar surface area (TPSA) is 39.1 Å². The molecule has 2 heterocycles. The Balaban J connectivity index is 1.70. The average molecular weight is 375 g/mol. The van der Waals surface area contributed by atoms with Gasteiger partial charge in [0.25, 0.3) is 0 Å². The fraction of sp³-hybridized carbons (Fsp3) is 0.0769. The van der Waals surface area contributed by atoms with Gasteiger partial charge in [0, 0.05) is 29.8 Å². The molecule has 0 spiro atoms. The van der Waals surface area contributed by atoms with Crippen molar-refractivity contribution in [3.05, 3.63) is 118 Å². The van der Waals surface area contributed by atoms with Gasteiger partial charge < -0.3 is 4.57 Å². The van der Waals surface area contributed by atoms with Crippen molar-refractivity contribution in [2.24, 2.45) is 0 Å². The fourth-order valence-corrected chi connectivity index (χ4v) is 4.77. The molecule has 0 atom stereocenters. The third-order valence-electron chi connectivity index (χ3n) is 6.09. The van der Waals surface area contributed by atoms with Crippen molar-refractivity contribution >= 4 is 11.6 Å². The molecule has 1 aromatic heterocycles. The van der Waals surface area contributed by atoms with Crippen molar-refractivity contribution in [1.82, 2.24) is 4.57 Å². The van der Waals surface area contributed by atoms with E-state index in [4.69, 9.17) is 0 Å². The maximum atomic E-state index is 13.6. The van der Waals surface area contributed by atoms with Gasteiger partial charge in [-0.3, -0.25) is 9.59 Å². The first-order valence-corrected chi connectivity index (χ1v) is 9.80. The third kappa shape index (κ3) is 2.18. The summed E-state index contributed by atoms with van der Waals surface area (Å²) in [6.45, 7) is 0.666. The summed E-state index contributed by atoms with van der Waals surface area (Å²) in [5.41, 5.74) is 7.39. The molecule has 29 heavy (non-hydrogen) atoms. The molecule has 0 fully saturated rings. The van der Waals surface area contributed by atoms with Crippen LogP contribution in [-0.4, -0.2) is 16.1 Å². The van der Waals surface area contributed by atoms with E-state index < -0.39 is 0 Å². The molecule has 1 aliphatic carbocycles. The number of aromatic nitrogens is 1. The van der Waals surface area contributed by atoms with Crippen molar-refractivity contribution in [2.45, 2.75) is 13.0 Å². The molecule has 3 aromatic carbocycles. The van der Waals surface area contributed by atoms with Gasteiger partial charge in [0.05, 0.1) is 16.8 Å². The normalized spacial score (nSPS) is 14.1. The zero-order chi connectivity index (χ0) is 19.5. The van der Waals surface area contributed by atoms with Crippen LogP contribution in [0.5, 0.6) is 0 Å². The van der Waals surface area contributed by atoms with Crippen molar-refractivity contribution in [1.29, 1.82) is 0 Å². The molecule has 0 saturated heterocycles. The molecule has 2 aliphatic rings. The number of carbonyl (C=O) groups is 2. The highest BCUT2D eigenvalue weighted by Gasteiger charge is 2.39. The van der Waals surface area contributed by atoms with E-state index in [9.17, 15) is 9.59 Å². The summed E-state index contributed by atoms with van der Waals surface area (Å²) < 4.78 is 2.18. The second-order valence-corrected chi connectivity index (χ2v) is 7.65. The smallest absolute Gasteiger partial charge is 0.196 e. The molecular weight excluding hydrogens is 358 g/mol. The van der Waals surface area contributed by atoms with Crippen LogP contribution in [0.15, 0.2) is 78.9 Å². The summed E-state index contributed by atoms with van der Waals surface area (Å²) >= 11 is 0. The summed E-state index contributed by atoms with van der Waals surface area (Å²) in [7, 11) is 0. The predicted molar refractivity (Wildman–Crippen MR) is 112 cm³/mol. The van der Waals surface area contributed by atoms with E-state index >= 15 is 0 Å². The molecule has 0 unspecified atom stereocenters. The molecule has 0 bridgehead atoms. The Kier molecular flexibility index (Phi) is 3.30. The van der Waals surface area contributed by atoms with Crippen molar-refractivity contribution in [3.63, 3.8) is 0 Å². The minimum absolute atomic E-state index is 0.0412. The molecule has 138 valence electrons. The van der Waals surface area contributed by atoms with E-state index in [1.807, 2.05) is 54.6 Å². The highest BCUT2D eigenvalue weighted by molar-refractivity contribution is 6.31. The molecule has 6 rings (SSSR count). The van der Waals surface area contributed by atoms with E-state index in [1.54, 1.807) is 12.1 Å². The average Bonchev–Trinajstić information content (AvgIpc) is 3.11. The quantitative estimate of drug-likeness (QED) is 0.411. The fourth-order valence-electron chi connectivity index (χ4n) is 4.77. The van der Waals surface area contributed by atoms with E-state index in [0.717, 1.165) is 17.0 Å². The Morgan fingerprint density at radius 3 is 1.93 bits per heavy atom. The van der Waals surface area contributed by atoms with Crippen LogP contribution in [0.25, 0.3) is 11.3 Å². The Morgan fingerprint density at radius 1 is 0.621 bits per heavy atom. The highest BCUT2D eigenvalue weighted by atomic mass is 16.1. The van der Waals surface area contributed by atoms with Crippen LogP contribution in [0.1, 0.15) is 48.7 Å². The van der Waals surface area contributed by atoms with Crippen LogP contribution in [0, 0.1) is 0 Å². The summed E-state index contributed by atoms with van der Waals surface area (Å²) in [6, 6.07) is 25.4. The predicted octanol–water partition coefficient (Wildman–Crippen LogP) is 4.88. The monoisotopic (exact) mass is 375 g/mol. The van der Waals surface area contributed by atoms with Crippen molar-refractivity contribution < 1.29 is 9.59 Å². The number of rotatable bonds is 1. The minimum Gasteiger partial charge on any atom is -0.338 e. The van der Waals surface area contributed by atoms with Gasteiger partial charge in [0.15, 0.2) is 11.6 Å². The van der Waals surface area contributed by atoms with E-state index in [2.05, 4.69) is 16.7 Å². The summed E-state index contributed by atoms with van der Waals surface area (Å²) in [5.74, 6) is -0.0967. The van der Waals surface area contributed by atoms with Gasteiger partial charge in [-0.25, -0.2) is 0 Å². The largest absolute Gasteiger partial charge is 0.338 e. The molecule has 3 heteroatoms. The molecule has 1 aliphatic heterocycles. The molecule has 0 radical (unpaired) electrons. The lowest BCUT2D eigenvalue weighted by molar-refractivity contribution is 0.0980. The molecular formula is C26H17NO2. The van der Waals surface area contributed by atoms with Gasteiger partial charge >= 0.3 is 0 Å². The van der Waals surface area contributed by atoms with Crippen LogP contribution >= 0.6 is 0 Å². The number of ketones is 2. The van der Waals surface area contributed by atoms with Crippen LogP contribution in [0.2, 0.25) is 0 Å². The first kappa shape index (κ1) is 16.3. The molecule has 0 amide bonds. The number of nitrogens with zero attached hydrogens (tertiary/aromatic N) is 1. The maximum Gasteiger partial charge on any atom is 0.196 e. The molecule has 0 N–H and O–H groups in total. The van der Waals surface area contributed by atoms with Crippen LogP contribution in [0.3, 0.4) is 0 Å². The first-order valence-electron chi connectivity index (χ1n) is 9.80. The van der Waals surface area contributed by atoms with Crippen LogP contribution in [0.4, 0.5) is 0 Å². The number of benzene rings is 3. The lowest BCUT2D eigenvalue weighted by atomic mass is 9.82. The van der Waals surface area contributed by atoms with Gasteiger partial charge in [0.1, 0.15) is 0 Å². The van der Waals surface area contributed by atoms with Crippen LogP contribution < -0.4 is 0 Å². The summed E-state index contributed by atoms with van der Waals surface area (Å²) in [6.07, 6.45) is 0.659. The van der Waals surface area contributed by atoms with Gasteiger partial charge in [-0.15, -0.1) is 0 Å². The Bertz CT molecular complexity index is 1330. The molecule has 0 saturated carbocycles. The molecule has 3 nitrogen and oxygen atoms in total. The van der Waals surface area contributed by atoms with Gasteiger partial charge in [-0.05, 0) is 16.7 Å². The van der Waals surface area contributed by atoms with Gasteiger partial charge in [0.2, 0.25) is 0 Å². The number of hydrogen-bond donors (Lipinski definition) is 0. The van der Waals surface area contributed by atoms with E-state index in [1.165, 1.54) is 11.1 Å². The molecule has 4 aromatic rings. The van der Waals surface area contributed by atoms with Crippen LogP contribution in [-0.2, 0) is 13.0 Å². The summed E-state index contributed by atoms with van der Waals surface area (Å²) in [4.78, 5) is 27.1. The third-order valence-corrected chi connectivity index (χ3v) is 6.09. The number of carbonyl (C=O) groups excluding carboxylic acids is 2. The highest BCUT2D eigenvalue weighted by Crippen LogP contribution is 2.41. The Labute approximate surface area is 168 Å². The Morgan fingerprint density at radius 2 is 1.21 bits per heavy atom. The van der Waals surface area contributed by atoms with E-state index in [-0.39, 0.29) is 11.6 Å². The SMILES string of the molecule is O=C1c2ccccc2C(=O)c2c1c1n(c2-c2ccccc2)Cc2ccccc2C1.